The Hall–Kier alpha value is -2.29. The van der Waals surface area contributed by atoms with E-state index >= 15 is 0 Å². The molecule has 2 aromatic carbocycles. The van der Waals surface area contributed by atoms with Gasteiger partial charge in [0.05, 0.1) is 0 Å². The van der Waals surface area contributed by atoms with Crippen molar-refractivity contribution in [2.75, 3.05) is 5.32 Å². The van der Waals surface area contributed by atoms with Gasteiger partial charge in [-0.2, -0.15) is 0 Å². The van der Waals surface area contributed by atoms with Crippen molar-refractivity contribution in [3.05, 3.63) is 59.2 Å². The van der Waals surface area contributed by atoms with Crippen molar-refractivity contribution in [3.8, 4) is 5.75 Å². The van der Waals surface area contributed by atoms with Crippen LogP contribution in [0.5, 0.6) is 5.75 Å². The first-order valence-corrected chi connectivity index (χ1v) is 7.64. The van der Waals surface area contributed by atoms with Crippen LogP contribution in [-0.2, 0) is 11.2 Å². The number of hydrogen-bond donors (Lipinski definition) is 1. The van der Waals surface area contributed by atoms with E-state index in [0.29, 0.717) is 0 Å². The summed E-state index contributed by atoms with van der Waals surface area (Å²) in [7, 11) is 0. The zero-order chi connectivity index (χ0) is 16.1. The number of hydrogen-bond acceptors (Lipinski definition) is 2. The molecule has 0 aliphatic rings. The minimum atomic E-state index is -0.551. The van der Waals surface area contributed by atoms with E-state index in [4.69, 9.17) is 4.74 Å². The predicted octanol–water partition coefficient (Wildman–Crippen LogP) is 4.27. The van der Waals surface area contributed by atoms with Gasteiger partial charge in [-0.3, -0.25) is 4.79 Å². The van der Waals surface area contributed by atoms with Gasteiger partial charge in [-0.05, 0) is 56.0 Å². The Bertz CT molecular complexity index is 664. The molecule has 1 N–H and O–H groups in total. The molecular weight excluding hydrogens is 274 g/mol. The Labute approximate surface area is 132 Å². The van der Waals surface area contributed by atoms with Gasteiger partial charge in [0, 0.05) is 5.69 Å². The second-order valence-corrected chi connectivity index (χ2v) is 5.53. The highest BCUT2D eigenvalue weighted by Crippen LogP contribution is 2.21. The Morgan fingerprint density at radius 1 is 1.18 bits per heavy atom. The van der Waals surface area contributed by atoms with Gasteiger partial charge in [0.2, 0.25) is 0 Å². The molecule has 2 aromatic rings. The molecular formula is C19H23NO2. The van der Waals surface area contributed by atoms with E-state index in [1.165, 1.54) is 0 Å². The standard InChI is InChI=1S/C19H23NO2/c1-5-16-8-6-7-9-17(16)20-19(21)15(4)22-18-12-13(2)10-11-14(18)3/h6-12,15H,5H2,1-4H3,(H,20,21)/t15-/m1/s1. The molecule has 2 rings (SSSR count). The molecule has 0 aliphatic carbocycles. The Morgan fingerprint density at radius 2 is 1.91 bits per heavy atom. The number of ether oxygens (including phenoxy) is 1. The van der Waals surface area contributed by atoms with Crippen LogP contribution in [0.3, 0.4) is 0 Å². The SMILES string of the molecule is CCc1ccccc1NC(=O)[C@@H](C)Oc1cc(C)ccc1C. The third-order valence-electron chi connectivity index (χ3n) is 3.67. The molecule has 0 bridgehead atoms. The van der Waals surface area contributed by atoms with E-state index in [1.807, 2.05) is 56.3 Å². The molecule has 3 heteroatoms. The summed E-state index contributed by atoms with van der Waals surface area (Å²) in [6.45, 7) is 7.83. The highest BCUT2D eigenvalue weighted by molar-refractivity contribution is 5.94. The first kappa shape index (κ1) is 16.1. The van der Waals surface area contributed by atoms with Crippen molar-refractivity contribution in [3.63, 3.8) is 0 Å². The van der Waals surface area contributed by atoms with E-state index in [2.05, 4.69) is 12.2 Å². The van der Waals surface area contributed by atoms with E-state index < -0.39 is 6.10 Å². The number of carbonyl (C=O) groups is 1. The molecule has 0 aromatic heterocycles. The fourth-order valence-corrected chi connectivity index (χ4v) is 2.26. The minimum absolute atomic E-state index is 0.137. The number of amides is 1. The maximum Gasteiger partial charge on any atom is 0.265 e. The van der Waals surface area contributed by atoms with Gasteiger partial charge in [0.15, 0.2) is 6.10 Å². The number of carbonyl (C=O) groups excluding carboxylic acids is 1. The zero-order valence-electron chi connectivity index (χ0n) is 13.6. The number of anilines is 1. The van der Waals surface area contributed by atoms with Crippen molar-refractivity contribution in [2.45, 2.75) is 40.2 Å². The Balaban J connectivity index is 2.07. The summed E-state index contributed by atoms with van der Waals surface area (Å²) >= 11 is 0. The van der Waals surface area contributed by atoms with Gasteiger partial charge in [0.25, 0.3) is 5.91 Å². The van der Waals surface area contributed by atoms with E-state index in [9.17, 15) is 4.79 Å². The van der Waals surface area contributed by atoms with Gasteiger partial charge < -0.3 is 10.1 Å². The molecule has 0 saturated heterocycles. The van der Waals surface area contributed by atoms with Crippen LogP contribution >= 0.6 is 0 Å². The lowest BCUT2D eigenvalue weighted by Crippen LogP contribution is -2.30. The topological polar surface area (TPSA) is 38.3 Å². The maximum atomic E-state index is 12.3. The van der Waals surface area contributed by atoms with Gasteiger partial charge in [-0.1, -0.05) is 37.3 Å². The van der Waals surface area contributed by atoms with Gasteiger partial charge in [0.1, 0.15) is 5.75 Å². The maximum absolute atomic E-state index is 12.3. The summed E-state index contributed by atoms with van der Waals surface area (Å²) in [5.74, 6) is 0.619. The van der Waals surface area contributed by atoms with Crippen molar-refractivity contribution in [2.24, 2.45) is 0 Å². The fraction of sp³-hybridized carbons (Fsp3) is 0.316. The van der Waals surface area contributed by atoms with Crippen LogP contribution in [0.15, 0.2) is 42.5 Å². The van der Waals surface area contributed by atoms with Crippen molar-refractivity contribution in [1.82, 2.24) is 0 Å². The third kappa shape index (κ3) is 3.88. The van der Waals surface area contributed by atoms with Crippen molar-refractivity contribution in [1.29, 1.82) is 0 Å². The van der Waals surface area contributed by atoms with Crippen molar-refractivity contribution < 1.29 is 9.53 Å². The van der Waals surface area contributed by atoms with Gasteiger partial charge >= 0.3 is 0 Å². The van der Waals surface area contributed by atoms with Crippen LogP contribution in [0.1, 0.15) is 30.5 Å². The number of aryl methyl sites for hydroxylation is 3. The second-order valence-electron chi connectivity index (χ2n) is 5.53. The highest BCUT2D eigenvalue weighted by atomic mass is 16.5. The van der Waals surface area contributed by atoms with Crippen LogP contribution in [0.2, 0.25) is 0 Å². The average molecular weight is 297 g/mol. The summed E-state index contributed by atoms with van der Waals surface area (Å²) in [6, 6.07) is 13.8. The summed E-state index contributed by atoms with van der Waals surface area (Å²) < 4.78 is 5.82. The summed E-state index contributed by atoms with van der Waals surface area (Å²) in [6.07, 6.45) is 0.327. The average Bonchev–Trinajstić information content (AvgIpc) is 2.51. The van der Waals surface area contributed by atoms with Gasteiger partial charge in [-0.15, -0.1) is 0 Å². The van der Waals surface area contributed by atoms with Crippen LogP contribution in [0.4, 0.5) is 5.69 Å². The lowest BCUT2D eigenvalue weighted by atomic mass is 10.1. The predicted molar refractivity (Wildman–Crippen MR) is 90.5 cm³/mol. The number of rotatable bonds is 5. The molecule has 0 radical (unpaired) electrons. The van der Waals surface area contributed by atoms with E-state index in [0.717, 1.165) is 34.5 Å². The number of benzene rings is 2. The molecule has 0 fully saturated rings. The smallest absolute Gasteiger partial charge is 0.265 e. The lowest BCUT2D eigenvalue weighted by Gasteiger charge is -2.17. The van der Waals surface area contributed by atoms with Crippen LogP contribution in [-0.4, -0.2) is 12.0 Å². The second kappa shape index (κ2) is 7.12. The number of nitrogens with one attached hydrogen (secondary N) is 1. The minimum Gasteiger partial charge on any atom is -0.481 e. The Morgan fingerprint density at radius 3 is 2.64 bits per heavy atom. The molecule has 1 amide bonds. The van der Waals surface area contributed by atoms with Gasteiger partial charge in [-0.25, -0.2) is 0 Å². The molecule has 3 nitrogen and oxygen atoms in total. The largest absolute Gasteiger partial charge is 0.481 e. The number of para-hydroxylation sites is 1. The van der Waals surface area contributed by atoms with Crippen LogP contribution < -0.4 is 10.1 Å². The molecule has 0 spiro atoms. The lowest BCUT2D eigenvalue weighted by molar-refractivity contribution is -0.122. The van der Waals surface area contributed by atoms with E-state index in [-0.39, 0.29) is 5.91 Å². The van der Waals surface area contributed by atoms with Crippen molar-refractivity contribution >= 4 is 11.6 Å². The summed E-state index contributed by atoms with van der Waals surface area (Å²) in [5.41, 5.74) is 4.12. The molecule has 0 unspecified atom stereocenters. The first-order valence-electron chi connectivity index (χ1n) is 7.64. The molecule has 0 aliphatic heterocycles. The molecule has 0 heterocycles. The third-order valence-corrected chi connectivity index (χ3v) is 3.67. The first-order chi connectivity index (χ1) is 10.5. The molecule has 22 heavy (non-hydrogen) atoms. The monoisotopic (exact) mass is 297 g/mol. The van der Waals surface area contributed by atoms with Crippen LogP contribution in [0, 0.1) is 13.8 Å². The fourth-order valence-electron chi connectivity index (χ4n) is 2.26. The Kier molecular flexibility index (Phi) is 5.21. The summed E-state index contributed by atoms with van der Waals surface area (Å²) in [5, 5.41) is 2.95. The summed E-state index contributed by atoms with van der Waals surface area (Å²) in [4.78, 5) is 12.3. The van der Waals surface area contributed by atoms with Crippen LogP contribution in [0.25, 0.3) is 0 Å². The normalized spacial score (nSPS) is 11.8. The van der Waals surface area contributed by atoms with E-state index in [1.54, 1.807) is 6.92 Å². The molecule has 1 atom stereocenters. The highest BCUT2D eigenvalue weighted by Gasteiger charge is 2.16. The zero-order valence-corrected chi connectivity index (χ0v) is 13.6. The molecule has 116 valence electrons. The quantitative estimate of drug-likeness (QED) is 0.895. The molecule has 0 saturated carbocycles.